The molecule has 0 aromatic rings. The number of carbonyl (C=O) groups is 2. The van der Waals surface area contributed by atoms with Gasteiger partial charge in [0.25, 0.3) is 0 Å². The van der Waals surface area contributed by atoms with E-state index in [1.165, 1.54) is 12.0 Å². The lowest BCUT2D eigenvalue weighted by Crippen LogP contribution is -2.50. The number of amides is 1. The predicted molar refractivity (Wildman–Crippen MR) is 70.3 cm³/mol. The Bertz CT molecular complexity index is 445. The molecule has 0 N–H and O–H groups in total. The SMILES string of the molecule is CCCC(=O)N([C@H]1CCS(=O)(=O)C1)[C@@H](C)C(=O)OC. The number of nitrogens with zero attached hydrogens (tertiary/aromatic N) is 1. The Morgan fingerprint density at radius 3 is 2.47 bits per heavy atom. The van der Waals surface area contributed by atoms with Gasteiger partial charge in [0.1, 0.15) is 6.04 Å². The summed E-state index contributed by atoms with van der Waals surface area (Å²) in [6.07, 6.45) is 1.35. The highest BCUT2D eigenvalue weighted by Gasteiger charge is 2.38. The molecular formula is C12H21NO5S. The molecule has 1 aliphatic rings. The van der Waals surface area contributed by atoms with Crippen molar-refractivity contribution < 1.29 is 22.7 Å². The first-order valence-electron chi connectivity index (χ1n) is 6.41. The quantitative estimate of drug-likeness (QED) is 0.683. The van der Waals surface area contributed by atoms with Gasteiger partial charge in [0.2, 0.25) is 5.91 Å². The summed E-state index contributed by atoms with van der Waals surface area (Å²) in [6.45, 7) is 3.44. The predicted octanol–water partition coefficient (Wildman–Crippen LogP) is 0.364. The van der Waals surface area contributed by atoms with Crippen LogP contribution in [0.2, 0.25) is 0 Å². The fourth-order valence-corrected chi connectivity index (χ4v) is 4.07. The van der Waals surface area contributed by atoms with Crippen molar-refractivity contribution >= 4 is 21.7 Å². The molecule has 0 aromatic carbocycles. The molecule has 1 heterocycles. The molecule has 0 saturated carbocycles. The summed E-state index contributed by atoms with van der Waals surface area (Å²) in [5.74, 6) is -0.707. The molecule has 19 heavy (non-hydrogen) atoms. The van der Waals surface area contributed by atoms with Crippen LogP contribution in [0.3, 0.4) is 0 Å². The van der Waals surface area contributed by atoms with E-state index in [1.54, 1.807) is 6.92 Å². The summed E-state index contributed by atoms with van der Waals surface area (Å²) in [6, 6.07) is -1.17. The third kappa shape index (κ3) is 3.92. The molecular weight excluding hydrogens is 270 g/mol. The Kier molecular flexibility index (Phi) is 5.34. The van der Waals surface area contributed by atoms with Gasteiger partial charge in [-0.1, -0.05) is 6.92 Å². The molecule has 0 aromatic heterocycles. The van der Waals surface area contributed by atoms with Gasteiger partial charge in [-0.2, -0.15) is 0 Å². The highest BCUT2D eigenvalue weighted by atomic mass is 32.2. The first kappa shape index (κ1) is 15.9. The van der Waals surface area contributed by atoms with Crippen molar-refractivity contribution in [1.82, 2.24) is 4.90 Å². The first-order chi connectivity index (χ1) is 8.82. The number of sulfone groups is 1. The molecule has 1 aliphatic heterocycles. The van der Waals surface area contributed by atoms with Crippen molar-refractivity contribution in [2.24, 2.45) is 0 Å². The number of methoxy groups -OCH3 is 1. The average molecular weight is 291 g/mol. The smallest absolute Gasteiger partial charge is 0.328 e. The minimum atomic E-state index is -3.10. The fourth-order valence-electron chi connectivity index (χ4n) is 2.36. The summed E-state index contributed by atoms with van der Waals surface area (Å²) in [5, 5.41) is 0. The van der Waals surface area contributed by atoms with E-state index < -0.39 is 27.9 Å². The molecule has 7 heteroatoms. The molecule has 0 radical (unpaired) electrons. The lowest BCUT2D eigenvalue weighted by Gasteiger charge is -2.32. The number of hydrogen-bond donors (Lipinski definition) is 0. The second kappa shape index (κ2) is 6.36. The largest absolute Gasteiger partial charge is 0.467 e. The summed E-state index contributed by atoms with van der Waals surface area (Å²) in [5.41, 5.74) is 0. The van der Waals surface area contributed by atoms with Crippen molar-refractivity contribution in [2.75, 3.05) is 18.6 Å². The van der Waals surface area contributed by atoms with Crippen LogP contribution in [-0.2, 0) is 24.2 Å². The number of esters is 1. The van der Waals surface area contributed by atoms with Crippen LogP contribution in [0, 0.1) is 0 Å². The lowest BCUT2D eigenvalue weighted by atomic mass is 10.1. The van der Waals surface area contributed by atoms with E-state index in [0.717, 1.165) is 0 Å². The number of ether oxygens (including phenoxy) is 1. The molecule has 1 rings (SSSR count). The van der Waals surface area contributed by atoms with Gasteiger partial charge in [-0.15, -0.1) is 0 Å². The zero-order chi connectivity index (χ0) is 14.6. The number of carbonyl (C=O) groups excluding carboxylic acids is 2. The van der Waals surface area contributed by atoms with E-state index >= 15 is 0 Å². The molecule has 0 bridgehead atoms. The van der Waals surface area contributed by atoms with E-state index in [2.05, 4.69) is 4.74 Å². The van der Waals surface area contributed by atoms with E-state index in [4.69, 9.17) is 0 Å². The zero-order valence-corrected chi connectivity index (χ0v) is 12.4. The Balaban J connectivity index is 2.93. The average Bonchev–Trinajstić information content (AvgIpc) is 2.69. The van der Waals surface area contributed by atoms with Crippen molar-refractivity contribution in [2.45, 2.75) is 45.2 Å². The third-order valence-corrected chi connectivity index (χ3v) is 5.06. The molecule has 1 saturated heterocycles. The second-order valence-corrected chi connectivity index (χ2v) is 7.04. The van der Waals surface area contributed by atoms with Crippen molar-refractivity contribution in [3.63, 3.8) is 0 Å². The van der Waals surface area contributed by atoms with Crippen LogP contribution in [0.1, 0.15) is 33.1 Å². The highest BCUT2D eigenvalue weighted by Crippen LogP contribution is 2.21. The minimum absolute atomic E-state index is 0.0657. The van der Waals surface area contributed by atoms with Crippen LogP contribution in [0.4, 0.5) is 0 Å². The summed E-state index contributed by atoms with van der Waals surface area (Å²) in [7, 11) is -1.84. The molecule has 1 amide bonds. The second-order valence-electron chi connectivity index (χ2n) is 4.81. The highest BCUT2D eigenvalue weighted by molar-refractivity contribution is 7.91. The van der Waals surface area contributed by atoms with E-state index in [9.17, 15) is 18.0 Å². The Morgan fingerprint density at radius 2 is 2.05 bits per heavy atom. The van der Waals surface area contributed by atoms with Crippen molar-refractivity contribution in [1.29, 1.82) is 0 Å². The van der Waals surface area contributed by atoms with Crippen LogP contribution in [0.15, 0.2) is 0 Å². The molecule has 2 atom stereocenters. The summed E-state index contributed by atoms with van der Waals surface area (Å²) in [4.78, 5) is 25.1. The topological polar surface area (TPSA) is 80.8 Å². The Morgan fingerprint density at radius 1 is 1.42 bits per heavy atom. The third-order valence-electron chi connectivity index (χ3n) is 3.31. The minimum Gasteiger partial charge on any atom is -0.467 e. The number of hydrogen-bond acceptors (Lipinski definition) is 5. The lowest BCUT2D eigenvalue weighted by molar-refractivity contribution is -0.153. The normalized spacial score (nSPS) is 22.8. The van der Waals surface area contributed by atoms with Gasteiger partial charge < -0.3 is 9.64 Å². The number of rotatable bonds is 5. The van der Waals surface area contributed by atoms with Crippen LogP contribution in [0.5, 0.6) is 0 Å². The Hall–Kier alpha value is -1.11. The maximum atomic E-state index is 12.1. The van der Waals surface area contributed by atoms with Gasteiger partial charge in [-0.25, -0.2) is 13.2 Å². The van der Waals surface area contributed by atoms with Crippen LogP contribution >= 0.6 is 0 Å². The van der Waals surface area contributed by atoms with Crippen LogP contribution < -0.4 is 0 Å². The van der Waals surface area contributed by atoms with E-state index in [-0.39, 0.29) is 17.4 Å². The molecule has 0 unspecified atom stereocenters. The molecule has 110 valence electrons. The zero-order valence-electron chi connectivity index (χ0n) is 11.6. The monoisotopic (exact) mass is 291 g/mol. The van der Waals surface area contributed by atoms with Gasteiger partial charge in [0, 0.05) is 12.5 Å². The van der Waals surface area contributed by atoms with Gasteiger partial charge >= 0.3 is 5.97 Å². The van der Waals surface area contributed by atoms with Gasteiger partial charge in [0.05, 0.1) is 18.6 Å². The summed E-state index contributed by atoms with van der Waals surface area (Å²) >= 11 is 0. The summed E-state index contributed by atoms with van der Waals surface area (Å²) < 4.78 is 27.7. The maximum Gasteiger partial charge on any atom is 0.328 e. The van der Waals surface area contributed by atoms with Gasteiger partial charge in [0.15, 0.2) is 9.84 Å². The first-order valence-corrected chi connectivity index (χ1v) is 8.24. The standard InChI is InChI=1S/C12H21NO5S/c1-4-5-11(14)13(9(2)12(15)18-3)10-6-7-19(16,17)8-10/h9-10H,4-8H2,1-3H3/t9-,10-/m0/s1. The fraction of sp³-hybridized carbons (Fsp3) is 0.833. The molecule has 1 fully saturated rings. The molecule has 0 spiro atoms. The Labute approximate surface area is 114 Å². The molecule has 0 aliphatic carbocycles. The van der Waals surface area contributed by atoms with Crippen molar-refractivity contribution in [3.05, 3.63) is 0 Å². The van der Waals surface area contributed by atoms with Crippen LogP contribution in [0.25, 0.3) is 0 Å². The van der Waals surface area contributed by atoms with Gasteiger partial charge in [-0.05, 0) is 19.8 Å². The van der Waals surface area contributed by atoms with Gasteiger partial charge in [-0.3, -0.25) is 4.79 Å². The van der Waals surface area contributed by atoms with Crippen molar-refractivity contribution in [3.8, 4) is 0 Å². The maximum absolute atomic E-state index is 12.1. The van der Waals surface area contributed by atoms with Crippen LogP contribution in [-0.4, -0.2) is 55.9 Å². The van der Waals surface area contributed by atoms with E-state index in [0.29, 0.717) is 19.3 Å². The molecule has 6 nitrogen and oxygen atoms in total. The van der Waals surface area contributed by atoms with E-state index in [1.807, 2.05) is 6.92 Å².